The summed E-state index contributed by atoms with van der Waals surface area (Å²) in [7, 11) is 0. The van der Waals surface area contributed by atoms with E-state index in [1.807, 2.05) is 0 Å². The molecule has 0 unspecified atom stereocenters. The molecule has 1 aromatic heterocycles. The van der Waals surface area contributed by atoms with Crippen LogP contribution < -0.4 is 5.73 Å². The van der Waals surface area contributed by atoms with E-state index >= 15 is 0 Å². The highest BCUT2D eigenvalue weighted by atomic mass is 16.5. The number of benzene rings is 1. The number of hydrogen-bond acceptors (Lipinski definition) is 4. The molecule has 14 heavy (non-hydrogen) atoms. The van der Waals surface area contributed by atoms with E-state index in [4.69, 9.17) is 10.3 Å². The van der Waals surface area contributed by atoms with Gasteiger partial charge in [0.25, 0.3) is 0 Å². The summed E-state index contributed by atoms with van der Waals surface area (Å²) in [4.78, 5) is 0. The Morgan fingerprint density at radius 1 is 1.43 bits per heavy atom. The van der Waals surface area contributed by atoms with Gasteiger partial charge in [-0.15, -0.1) is 0 Å². The van der Waals surface area contributed by atoms with E-state index in [9.17, 15) is 5.11 Å². The number of phenols is 1. The molecular formula is C10H12N2O2. The molecule has 4 nitrogen and oxygen atoms in total. The number of fused-ring (bicyclic) bond motifs is 1. The predicted molar refractivity (Wildman–Crippen MR) is 53.0 cm³/mol. The first-order valence-corrected chi connectivity index (χ1v) is 4.58. The van der Waals surface area contributed by atoms with Gasteiger partial charge in [-0.2, -0.15) is 0 Å². The molecule has 4 heteroatoms. The molecule has 0 aliphatic rings. The first-order chi connectivity index (χ1) is 6.81. The Balaban J connectivity index is 2.40. The van der Waals surface area contributed by atoms with Crippen LogP contribution in [0.15, 0.2) is 22.7 Å². The largest absolute Gasteiger partial charge is 0.508 e. The van der Waals surface area contributed by atoms with Crippen molar-refractivity contribution in [3.05, 3.63) is 23.9 Å². The number of nitrogens with two attached hydrogens (primary N) is 1. The average Bonchev–Trinajstić information content (AvgIpc) is 2.57. The molecule has 74 valence electrons. The Bertz CT molecular complexity index is 437. The van der Waals surface area contributed by atoms with E-state index < -0.39 is 0 Å². The minimum atomic E-state index is 0.231. The Hall–Kier alpha value is -1.55. The standard InChI is InChI=1S/C10H12N2O2/c11-5-1-2-9-8-6-7(13)3-4-10(8)14-12-9/h3-4,6,13H,1-2,5,11H2. The van der Waals surface area contributed by atoms with Crippen LogP contribution in [-0.4, -0.2) is 16.8 Å². The van der Waals surface area contributed by atoms with Crippen molar-refractivity contribution in [1.82, 2.24) is 5.16 Å². The summed E-state index contributed by atoms with van der Waals surface area (Å²) in [6.07, 6.45) is 1.66. The molecule has 3 N–H and O–H groups in total. The van der Waals surface area contributed by atoms with Crippen LogP contribution in [0.4, 0.5) is 0 Å². The van der Waals surface area contributed by atoms with Gasteiger partial charge >= 0.3 is 0 Å². The predicted octanol–water partition coefficient (Wildman–Crippen LogP) is 1.42. The second-order valence-electron chi connectivity index (χ2n) is 3.20. The van der Waals surface area contributed by atoms with E-state index in [1.54, 1.807) is 18.2 Å². The maximum Gasteiger partial charge on any atom is 0.167 e. The van der Waals surface area contributed by atoms with Crippen LogP contribution >= 0.6 is 0 Å². The maximum atomic E-state index is 9.30. The van der Waals surface area contributed by atoms with Crippen molar-refractivity contribution >= 4 is 11.0 Å². The summed E-state index contributed by atoms with van der Waals surface area (Å²) in [6.45, 7) is 0.632. The monoisotopic (exact) mass is 192 g/mol. The van der Waals surface area contributed by atoms with E-state index in [-0.39, 0.29) is 5.75 Å². The van der Waals surface area contributed by atoms with Gasteiger partial charge in [-0.3, -0.25) is 0 Å². The number of aryl methyl sites for hydroxylation is 1. The third-order valence-corrected chi connectivity index (χ3v) is 2.15. The number of rotatable bonds is 3. The van der Waals surface area contributed by atoms with Crippen LogP contribution in [0.3, 0.4) is 0 Å². The Kier molecular flexibility index (Phi) is 2.37. The molecule has 0 radical (unpaired) electrons. The van der Waals surface area contributed by atoms with Crippen LogP contribution in [0.5, 0.6) is 5.75 Å². The van der Waals surface area contributed by atoms with E-state index in [0.29, 0.717) is 12.1 Å². The molecule has 2 aromatic rings. The Morgan fingerprint density at radius 2 is 2.29 bits per heavy atom. The highest BCUT2D eigenvalue weighted by molar-refractivity contribution is 5.80. The van der Waals surface area contributed by atoms with Crippen LogP contribution in [0.1, 0.15) is 12.1 Å². The summed E-state index contributed by atoms with van der Waals surface area (Å²) < 4.78 is 5.10. The molecule has 0 saturated carbocycles. The molecule has 0 aliphatic carbocycles. The normalized spacial score (nSPS) is 10.9. The highest BCUT2D eigenvalue weighted by Gasteiger charge is 2.07. The first-order valence-electron chi connectivity index (χ1n) is 4.58. The lowest BCUT2D eigenvalue weighted by atomic mass is 10.1. The van der Waals surface area contributed by atoms with Crippen molar-refractivity contribution in [3.8, 4) is 5.75 Å². The molecule has 0 aliphatic heterocycles. The molecular weight excluding hydrogens is 180 g/mol. The molecule has 0 fully saturated rings. The van der Waals surface area contributed by atoms with Crippen LogP contribution in [0.2, 0.25) is 0 Å². The lowest BCUT2D eigenvalue weighted by Gasteiger charge is -1.94. The Labute approximate surface area is 81.3 Å². The fourth-order valence-electron chi connectivity index (χ4n) is 1.43. The fourth-order valence-corrected chi connectivity index (χ4v) is 1.43. The van der Waals surface area contributed by atoms with Crippen LogP contribution in [0, 0.1) is 0 Å². The zero-order valence-electron chi connectivity index (χ0n) is 7.73. The van der Waals surface area contributed by atoms with Crippen molar-refractivity contribution in [2.45, 2.75) is 12.8 Å². The summed E-state index contributed by atoms with van der Waals surface area (Å²) in [5.41, 5.74) is 6.98. The van der Waals surface area contributed by atoms with Crippen molar-refractivity contribution in [3.63, 3.8) is 0 Å². The third kappa shape index (κ3) is 1.56. The summed E-state index contributed by atoms with van der Waals surface area (Å²) >= 11 is 0. The van der Waals surface area contributed by atoms with Crippen molar-refractivity contribution < 1.29 is 9.63 Å². The van der Waals surface area contributed by atoms with E-state index in [2.05, 4.69) is 5.16 Å². The van der Waals surface area contributed by atoms with Crippen molar-refractivity contribution in [2.75, 3.05) is 6.54 Å². The zero-order chi connectivity index (χ0) is 9.97. The van der Waals surface area contributed by atoms with Crippen LogP contribution in [0.25, 0.3) is 11.0 Å². The zero-order valence-corrected chi connectivity index (χ0v) is 7.73. The topological polar surface area (TPSA) is 72.3 Å². The Morgan fingerprint density at radius 3 is 3.07 bits per heavy atom. The molecule has 0 atom stereocenters. The van der Waals surface area contributed by atoms with E-state index in [0.717, 1.165) is 23.9 Å². The van der Waals surface area contributed by atoms with Gasteiger partial charge in [-0.25, -0.2) is 0 Å². The third-order valence-electron chi connectivity index (χ3n) is 2.15. The molecule has 0 saturated heterocycles. The average molecular weight is 192 g/mol. The fraction of sp³-hybridized carbons (Fsp3) is 0.300. The van der Waals surface area contributed by atoms with Crippen LogP contribution in [-0.2, 0) is 6.42 Å². The van der Waals surface area contributed by atoms with Crippen molar-refractivity contribution in [1.29, 1.82) is 0 Å². The van der Waals surface area contributed by atoms with Crippen molar-refractivity contribution in [2.24, 2.45) is 5.73 Å². The smallest absolute Gasteiger partial charge is 0.167 e. The highest BCUT2D eigenvalue weighted by Crippen LogP contribution is 2.23. The first kappa shape index (κ1) is 9.02. The van der Waals surface area contributed by atoms with Gasteiger partial charge in [0.1, 0.15) is 5.75 Å². The molecule has 0 spiro atoms. The minimum absolute atomic E-state index is 0.231. The van der Waals surface area contributed by atoms with Gasteiger partial charge in [0.05, 0.1) is 5.69 Å². The van der Waals surface area contributed by atoms with Gasteiger partial charge in [0.15, 0.2) is 5.58 Å². The number of aromatic hydroxyl groups is 1. The maximum absolute atomic E-state index is 9.30. The number of phenolic OH excluding ortho intramolecular Hbond substituents is 1. The van der Waals surface area contributed by atoms with E-state index in [1.165, 1.54) is 0 Å². The summed E-state index contributed by atoms with van der Waals surface area (Å²) in [5.74, 6) is 0.231. The van der Waals surface area contributed by atoms with Gasteiger partial charge in [-0.05, 0) is 37.6 Å². The summed E-state index contributed by atoms with van der Waals surface area (Å²) in [5, 5.41) is 14.1. The molecule has 0 amide bonds. The quantitative estimate of drug-likeness (QED) is 0.771. The lowest BCUT2D eigenvalue weighted by molar-refractivity contribution is 0.444. The molecule has 1 aromatic carbocycles. The van der Waals surface area contributed by atoms with Gasteiger partial charge < -0.3 is 15.4 Å². The van der Waals surface area contributed by atoms with Gasteiger partial charge in [0.2, 0.25) is 0 Å². The van der Waals surface area contributed by atoms with Gasteiger partial charge in [0, 0.05) is 5.39 Å². The molecule has 1 heterocycles. The SMILES string of the molecule is NCCCc1noc2ccc(O)cc12. The second kappa shape index (κ2) is 3.67. The number of aromatic nitrogens is 1. The number of nitrogens with zero attached hydrogens (tertiary/aromatic N) is 1. The second-order valence-corrected chi connectivity index (χ2v) is 3.20. The summed E-state index contributed by atoms with van der Waals surface area (Å²) in [6, 6.07) is 4.96. The number of hydrogen-bond donors (Lipinski definition) is 2. The lowest BCUT2D eigenvalue weighted by Crippen LogP contribution is -2.00. The molecule has 2 rings (SSSR count). The molecule has 0 bridgehead atoms. The minimum Gasteiger partial charge on any atom is -0.508 e. The van der Waals surface area contributed by atoms with Gasteiger partial charge in [-0.1, -0.05) is 5.16 Å².